The molecular formula is C11H23N3O. The molecule has 0 bridgehead atoms. The standard InChI is InChI=1S/C11H23N3O/c1-3-4-5-10(12)11(15)14-8-6-13(2)7-9-14/h10H,3-9,12H2,1-2H3. The number of unbranched alkanes of at least 4 members (excludes halogenated alkanes) is 1. The molecule has 0 radical (unpaired) electrons. The number of hydrogen-bond donors (Lipinski definition) is 1. The highest BCUT2D eigenvalue weighted by Crippen LogP contribution is 2.05. The average molecular weight is 213 g/mol. The summed E-state index contributed by atoms with van der Waals surface area (Å²) >= 11 is 0. The predicted molar refractivity (Wildman–Crippen MR) is 61.6 cm³/mol. The third-order valence-corrected chi connectivity index (χ3v) is 3.00. The summed E-state index contributed by atoms with van der Waals surface area (Å²) in [6.45, 7) is 5.70. The zero-order chi connectivity index (χ0) is 11.3. The largest absolute Gasteiger partial charge is 0.339 e. The number of hydrogen-bond acceptors (Lipinski definition) is 3. The molecule has 0 aromatic heterocycles. The fourth-order valence-corrected chi connectivity index (χ4v) is 1.81. The van der Waals surface area contributed by atoms with Crippen LogP contribution in [0.15, 0.2) is 0 Å². The van der Waals surface area contributed by atoms with E-state index < -0.39 is 0 Å². The first-order valence-electron chi connectivity index (χ1n) is 5.88. The maximum absolute atomic E-state index is 11.9. The summed E-state index contributed by atoms with van der Waals surface area (Å²) in [5.74, 6) is 0.136. The van der Waals surface area contributed by atoms with Crippen molar-refractivity contribution in [1.29, 1.82) is 0 Å². The first kappa shape index (κ1) is 12.5. The number of carbonyl (C=O) groups excluding carboxylic acids is 1. The van der Waals surface area contributed by atoms with Crippen LogP contribution in [0.25, 0.3) is 0 Å². The van der Waals surface area contributed by atoms with E-state index in [0.29, 0.717) is 0 Å². The smallest absolute Gasteiger partial charge is 0.239 e. The number of nitrogens with zero attached hydrogens (tertiary/aromatic N) is 2. The highest BCUT2D eigenvalue weighted by Gasteiger charge is 2.23. The lowest BCUT2D eigenvalue weighted by atomic mass is 10.1. The lowest BCUT2D eigenvalue weighted by Gasteiger charge is -2.33. The average Bonchev–Trinajstić information content (AvgIpc) is 2.26. The number of rotatable bonds is 4. The molecule has 4 nitrogen and oxygen atoms in total. The summed E-state index contributed by atoms with van der Waals surface area (Å²) in [7, 11) is 2.08. The van der Waals surface area contributed by atoms with Crippen molar-refractivity contribution in [2.75, 3.05) is 33.2 Å². The Morgan fingerprint density at radius 2 is 1.93 bits per heavy atom. The van der Waals surface area contributed by atoms with Gasteiger partial charge < -0.3 is 15.5 Å². The highest BCUT2D eigenvalue weighted by atomic mass is 16.2. The molecule has 4 heteroatoms. The molecule has 1 unspecified atom stereocenters. The Morgan fingerprint density at radius 1 is 1.33 bits per heavy atom. The normalized spacial score (nSPS) is 20.3. The van der Waals surface area contributed by atoms with E-state index in [0.717, 1.165) is 45.4 Å². The molecule has 0 aliphatic carbocycles. The third kappa shape index (κ3) is 3.80. The van der Waals surface area contributed by atoms with E-state index in [1.165, 1.54) is 0 Å². The molecule has 15 heavy (non-hydrogen) atoms. The Balaban J connectivity index is 2.32. The summed E-state index contributed by atoms with van der Waals surface area (Å²) in [4.78, 5) is 16.0. The summed E-state index contributed by atoms with van der Waals surface area (Å²) in [5, 5.41) is 0. The Labute approximate surface area is 92.4 Å². The minimum atomic E-state index is -0.284. The van der Waals surface area contributed by atoms with Crippen molar-refractivity contribution in [3.05, 3.63) is 0 Å². The molecule has 1 aliphatic heterocycles. The molecule has 1 atom stereocenters. The van der Waals surface area contributed by atoms with E-state index in [-0.39, 0.29) is 11.9 Å². The van der Waals surface area contributed by atoms with Crippen LogP contribution in [0.1, 0.15) is 26.2 Å². The molecule has 1 rings (SSSR count). The molecule has 2 N–H and O–H groups in total. The van der Waals surface area contributed by atoms with Crippen LogP contribution < -0.4 is 5.73 Å². The monoisotopic (exact) mass is 213 g/mol. The number of likely N-dealkylation sites (N-methyl/N-ethyl adjacent to an activating group) is 1. The van der Waals surface area contributed by atoms with Gasteiger partial charge in [-0.2, -0.15) is 0 Å². The Bertz CT molecular complexity index is 200. The van der Waals surface area contributed by atoms with E-state index in [9.17, 15) is 4.79 Å². The molecule has 0 aromatic rings. The SMILES string of the molecule is CCCCC(N)C(=O)N1CCN(C)CC1. The van der Waals surface area contributed by atoms with Gasteiger partial charge in [-0.1, -0.05) is 19.8 Å². The van der Waals surface area contributed by atoms with Crippen molar-refractivity contribution in [3.8, 4) is 0 Å². The molecular weight excluding hydrogens is 190 g/mol. The highest BCUT2D eigenvalue weighted by molar-refractivity contribution is 5.81. The fraction of sp³-hybridized carbons (Fsp3) is 0.909. The Kier molecular flexibility index (Phi) is 5.05. The van der Waals surface area contributed by atoms with Crippen LogP contribution >= 0.6 is 0 Å². The van der Waals surface area contributed by atoms with Crippen molar-refractivity contribution in [1.82, 2.24) is 9.80 Å². The van der Waals surface area contributed by atoms with Gasteiger partial charge in [0.15, 0.2) is 0 Å². The van der Waals surface area contributed by atoms with Crippen LogP contribution in [0.4, 0.5) is 0 Å². The van der Waals surface area contributed by atoms with Crippen LogP contribution in [0.3, 0.4) is 0 Å². The lowest BCUT2D eigenvalue weighted by Crippen LogP contribution is -2.52. The fourth-order valence-electron chi connectivity index (χ4n) is 1.81. The molecule has 1 aliphatic rings. The van der Waals surface area contributed by atoms with Gasteiger partial charge in [-0.3, -0.25) is 4.79 Å². The molecule has 1 heterocycles. The second-order valence-corrected chi connectivity index (χ2v) is 4.38. The number of piperazine rings is 1. The van der Waals surface area contributed by atoms with Gasteiger partial charge in [-0.05, 0) is 13.5 Å². The van der Waals surface area contributed by atoms with E-state index in [1.807, 2.05) is 4.90 Å². The van der Waals surface area contributed by atoms with E-state index >= 15 is 0 Å². The first-order valence-corrected chi connectivity index (χ1v) is 5.88. The predicted octanol–water partition coefficient (Wildman–Crippen LogP) is 0.278. The van der Waals surface area contributed by atoms with Crippen molar-refractivity contribution in [3.63, 3.8) is 0 Å². The number of carbonyl (C=O) groups is 1. The van der Waals surface area contributed by atoms with Crippen molar-refractivity contribution in [2.45, 2.75) is 32.2 Å². The summed E-state index contributed by atoms with van der Waals surface area (Å²) in [5.41, 5.74) is 5.86. The third-order valence-electron chi connectivity index (χ3n) is 3.00. The maximum Gasteiger partial charge on any atom is 0.239 e. The summed E-state index contributed by atoms with van der Waals surface area (Å²) < 4.78 is 0. The van der Waals surface area contributed by atoms with Gasteiger partial charge in [-0.25, -0.2) is 0 Å². The van der Waals surface area contributed by atoms with Crippen LogP contribution in [0, 0.1) is 0 Å². The molecule has 1 saturated heterocycles. The van der Waals surface area contributed by atoms with Gasteiger partial charge in [0.25, 0.3) is 0 Å². The Morgan fingerprint density at radius 3 is 2.47 bits per heavy atom. The Hall–Kier alpha value is -0.610. The van der Waals surface area contributed by atoms with Gasteiger partial charge in [-0.15, -0.1) is 0 Å². The van der Waals surface area contributed by atoms with Gasteiger partial charge >= 0.3 is 0 Å². The van der Waals surface area contributed by atoms with Crippen LogP contribution in [-0.4, -0.2) is 55.0 Å². The molecule has 1 fully saturated rings. The lowest BCUT2D eigenvalue weighted by molar-refractivity contribution is -0.134. The quantitative estimate of drug-likeness (QED) is 0.729. The minimum absolute atomic E-state index is 0.136. The molecule has 0 spiro atoms. The zero-order valence-electron chi connectivity index (χ0n) is 9.91. The topological polar surface area (TPSA) is 49.6 Å². The van der Waals surface area contributed by atoms with Crippen LogP contribution in [0.5, 0.6) is 0 Å². The van der Waals surface area contributed by atoms with Crippen LogP contribution in [0.2, 0.25) is 0 Å². The number of nitrogens with two attached hydrogens (primary N) is 1. The van der Waals surface area contributed by atoms with Crippen molar-refractivity contribution < 1.29 is 4.79 Å². The second-order valence-electron chi connectivity index (χ2n) is 4.38. The van der Waals surface area contributed by atoms with Crippen LogP contribution in [-0.2, 0) is 4.79 Å². The van der Waals surface area contributed by atoms with Crippen molar-refractivity contribution >= 4 is 5.91 Å². The summed E-state index contributed by atoms with van der Waals surface area (Å²) in [6, 6.07) is -0.284. The second kappa shape index (κ2) is 6.08. The number of amides is 1. The van der Waals surface area contributed by atoms with Crippen molar-refractivity contribution in [2.24, 2.45) is 5.73 Å². The minimum Gasteiger partial charge on any atom is -0.339 e. The molecule has 1 amide bonds. The molecule has 0 saturated carbocycles. The van der Waals surface area contributed by atoms with E-state index in [2.05, 4.69) is 18.9 Å². The molecule has 88 valence electrons. The zero-order valence-corrected chi connectivity index (χ0v) is 9.91. The van der Waals surface area contributed by atoms with Gasteiger partial charge in [0, 0.05) is 26.2 Å². The van der Waals surface area contributed by atoms with Gasteiger partial charge in [0.2, 0.25) is 5.91 Å². The molecule has 0 aromatic carbocycles. The van der Waals surface area contributed by atoms with E-state index in [4.69, 9.17) is 5.73 Å². The first-order chi connectivity index (χ1) is 7.15. The van der Waals surface area contributed by atoms with Gasteiger partial charge in [0.05, 0.1) is 6.04 Å². The maximum atomic E-state index is 11.9. The van der Waals surface area contributed by atoms with Gasteiger partial charge in [0.1, 0.15) is 0 Å². The van der Waals surface area contributed by atoms with E-state index in [1.54, 1.807) is 0 Å². The summed E-state index contributed by atoms with van der Waals surface area (Å²) in [6.07, 6.45) is 2.96.